The first kappa shape index (κ1) is 16.5. The van der Waals surface area contributed by atoms with Crippen molar-refractivity contribution in [3.63, 3.8) is 0 Å². The van der Waals surface area contributed by atoms with E-state index in [-0.39, 0.29) is 18.9 Å². The van der Waals surface area contributed by atoms with Gasteiger partial charge in [0.25, 0.3) is 0 Å². The van der Waals surface area contributed by atoms with Gasteiger partial charge in [-0.25, -0.2) is 4.79 Å². The van der Waals surface area contributed by atoms with E-state index in [0.29, 0.717) is 17.9 Å². The van der Waals surface area contributed by atoms with Crippen LogP contribution >= 0.6 is 11.6 Å². The van der Waals surface area contributed by atoms with Gasteiger partial charge in [0, 0.05) is 24.4 Å². The third-order valence-corrected chi connectivity index (χ3v) is 3.31. The lowest BCUT2D eigenvalue weighted by Crippen LogP contribution is -2.30. The van der Waals surface area contributed by atoms with E-state index in [1.54, 1.807) is 0 Å². The number of benzene rings is 1. The van der Waals surface area contributed by atoms with Crippen LogP contribution < -0.4 is 5.32 Å². The normalized spacial score (nSPS) is 11.9. The minimum Gasteiger partial charge on any atom is -0.479 e. The molecule has 5 nitrogen and oxygen atoms in total. The molecule has 0 aliphatic heterocycles. The Labute approximate surface area is 122 Å². The molecule has 0 heterocycles. The van der Waals surface area contributed by atoms with Gasteiger partial charge in [-0.1, -0.05) is 23.7 Å². The number of aliphatic hydroxyl groups is 1. The van der Waals surface area contributed by atoms with Crippen LogP contribution in [-0.4, -0.2) is 34.7 Å². The molecule has 1 aromatic rings. The van der Waals surface area contributed by atoms with Crippen LogP contribution in [0.4, 0.5) is 0 Å². The maximum atomic E-state index is 11.5. The highest BCUT2D eigenvalue weighted by Gasteiger charge is 2.12. The summed E-state index contributed by atoms with van der Waals surface area (Å²) in [5, 5.41) is 20.8. The zero-order valence-electron chi connectivity index (χ0n) is 11.2. The van der Waals surface area contributed by atoms with E-state index in [2.05, 4.69) is 5.32 Å². The molecule has 0 aliphatic rings. The lowest BCUT2D eigenvalue weighted by Gasteiger charge is -2.08. The number of aryl methyl sites for hydroxylation is 2. The first-order valence-corrected chi connectivity index (χ1v) is 6.70. The Morgan fingerprint density at radius 2 is 2.10 bits per heavy atom. The van der Waals surface area contributed by atoms with Gasteiger partial charge in [-0.15, -0.1) is 0 Å². The Kier molecular flexibility index (Phi) is 6.48. The number of halogens is 1. The van der Waals surface area contributed by atoms with Crippen molar-refractivity contribution in [1.29, 1.82) is 0 Å². The van der Waals surface area contributed by atoms with E-state index in [1.807, 2.05) is 25.1 Å². The number of carboxylic acid groups (broad SMARTS) is 1. The number of aliphatic hydroxyl groups excluding tert-OH is 1. The summed E-state index contributed by atoms with van der Waals surface area (Å²) in [5.41, 5.74) is 1.96. The second kappa shape index (κ2) is 7.87. The molecule has 0 fully saturated rings. The highest BCUT2D eigenvalue weighted by Crippen LogP contribution is 2.17. The topological polar surface area (TPSA) is 86.6 Å². The van der Waals surface area contributed by atoms with Crippen molar-refractivity contribution in [1.82, 2.24) is 5.32 Å². The number of carboxylic acids is 1. The van der Waals surface area contributed by atoms with Gasteiger partial charge in [0.05, 0.1) is 0 Å². The summed E-state index contributed by atoms with van der Waals surface area (Å²) < 4.78 is 0. The predicted molar refractivity (Wildman–Crippen MR) is 75.8 cm³/mol. The lowest BCUT2D eigenvalue weighted by molar-refractivity contribution is -0.147. The smallest absolute Gasteiger partial charge is 0.332 e. The van der Waals surface area contributed by atoms with E-state index in [4.69, 9.17) is 21.8 Å². The van der Waals surface area contributed by atoms with Crippen molar-refractivity contribution in [2.24, 2.45) is 0 Å². The van der Waals surface area contributed by atoms with Crippen LogP contribution in [0.2, 0.25) is 5.02 Å². The second-order valence-electron chi connectivity index (χ2n) is 4.58. The minimum atomic E-state index is -1.44. The van der Waals surface area contributed by atoms with Crippen molar-refractivity contribution in [3.05, 3.63) is 34.3 Å². The standard InChI is InChI=1S/C14H18ClNO4/c1-9-2-3-10(8-11(9)15)4-5-13(18)16-7-6-12(17)14(19)20/h2-3,8,12,17H,4-7H2,1H3,(H,16,18)(H,19,20)/t12-/m0/s1. The zero-order valence-corrected chi connectivity index (χ0v) is 12.0. The van der Waals surface area contributed by atoms with E-state index >= 15 is 0 Å². The van der Waals surface area contributed by atoms with Crippen molar-refractivity contribution in [3.8, 4) is 0 Å². The number of hydrogen-bond acceptors (Lipinski definition) is 3. The zero-order chi connectivity index (χ0) is 15.1. The van der Waals surface area contributed by atoms with Gasteiger partial charge in [-0.05, 0) is 30.5 Å². The summed E-state index contributed by atoms with van der Waals surface area (Å²) in [6, 6.07) is 5.65. The fourth-order valence-corrected chi connectivity index (χ4v) is 1.81. The molecule has 110 valence electrons. The van der Waals surface area contributed by atoms with E-state index in [0.717, 1.165) is 11.1 Å². The molecular weight excluding hydrogens is 282 g/mol. The first-order chi connectivity index (χ1) is 9.40. The van der Waals surface area contributed by atoms with Crippen molar-refractivity contribution in [2.45, 2.75) is 32.3 Å². The fraction of sp³-hybridized carbons (Fsp3) is 0.429. The summed E-state index contributed by atoms with van der Waals surface area (Å²) in [4.78, 5) is 21.9. The number of carbonyl (C=O) groups is 2. The summed E-state index contributed by atoms with van der Waals surface area (Å²) >= 11 is 5.99. The minimum absolute atomic E-state index is 0.00255. The van der Waals surface area contributed by atoms with Gasteiger partial charge in [0.1, 0.15) is 0 Å². The number of carbonyl (C=O) groups excluding carboxylic acids is 1. The Hall–Kier alpha value is -1.59. The molecule has 0 saturated carbocycles. The van der Waals surface area contributed by atoms with Crippen LogP contribution in [0.1, 0.15) is 24.0 Å². The van der Waals surface area contributed by atoms with Crippen LogP contribution in [0.5, 0.6) is 0 Å². The van der Waals surface area contributed by atoms with Crippen molar-refractivity contribution in [2.75, 3.05) is 6.54 Å². The van der Waals surface area contributed by atoms with E-state index in [1.165, 1.54) is 0 Å². The molecule has 0 spiro atoms. The molecule has 0 radical (unpaired) electrons. The SMILES string of the molecule is Cc1ccc(CCC(=O)NCC[C@H](O)C(=O)O)cc1Cl. The number of nitrogens with one attached hydrogen (secondary N) is 1. The summed E-state index contributed by atoms with van der Waals surface area (Å²) in [7, 11) is 0. The molecular formula is C14H18ClNO4. The molecule has 3 N–H and O–H groups in total. The van der Waals surface area contributed by atoms with Gasteiger partial charge in [-0.3, -0.25) is 4.79 Å². The van der Waals surface area contributed by atoms with E-state index < -0.39 is 12.1 Å². The Morgan fingerprint density at radius 1 is 1.40 bits per heavy atom. The van der Waals surface area contributed by atoms with Gasteiger partial charge < -0.3 is 15.5 Å². The summed E-state index contributed by atoms with van der Waals surface area (Å²) in [6.45, 7) is 2.05. The van der Waals surface area contributed by atoms with Gasteiger partial charge in [0.15, 0.2) is 6.10 Å². The Bertz CT molecular complexity index is 490. The highest BCUT2D eigenvalue weighted by atomic mass is 35.5. The average molecular weight is 300 g/mol. The van der Waals surface area contributed by atoms with Crippen molar-refractivity contribution >= 4 is 23.5 Å². The summed E-state index contributed by atoms with van der Waals surface area (Å²) in [6.07, 6.45) is -0.584. The number of aliphatic carboxylic acids is 1. The first-order valence-electron chi connectivity index (χ1n) is 6.32. The molecule has 1 amide bonds. The number of hydrogen-bond donors (Lipinski definition) is 3. The maximum absolute atomic E-state index is 11.5. The third kappa shape index (κ3) is 5.59. The van der Waals surface area contributed by atoms with E-state index in [9.17, 15) is 9.59 Å². The monoisotopic (exact) mass is 299 g/mol. The molecule has 0 aliphatic carbocycles. The largest absolute Gasteiger partial charge is 0.479 e. The van der Waals surface area contributed by atoms with Crippen LogP contribution in [0.3, 0.4) is 0 Å². The molecule has 0 aromatic heterocycles. The van der Waals surface area contributed by atoms with Crippen LogP contribution in [0, 0.1) is 6.92 Å². The van der Waals surface area contributed by atoms with Crippen molar-refractivity contribution < 1.29 is 19.8 Å². The van der Waals surface area contributed by atoms with Crippen LogP contribution in [0.25, 0.3) is 0 Å². The maximum Gasteiger partial charge on any atom is 0.332 e. The molecule has 1 atom stereocenters. The molecule has 1 aromatic carbocycles. The van der Waals surface area contributed by atoms with Gasteiger partial charge in [-0.2, -0.15) is 0 Å². The molecule has 20 heavy (non-hydrogen) atoms. The number of rotatable bonds is 7. The Balaban J connectivity index is 2.29. The highest BCUT2D eigenvalue weighted by molar-refractivity contribution is 6.31. The summed E-state index contributed by atoms with van der Waals surface area (Å²) in [5.74, 6) is -1.46. The molecule has 0 unspecified atom stereocenters. The van der Waals surface area contributed by atoms with Gasteiger partial charge in [0.2, 0.25) is 5.91 Å². The van der Waals surface area contributed by atoms with Gasteiger partial charge >= 0.3 is 5.97 Å². The third-order valence-electron chi connectivity index (χ3n) is 2.90. The quantitative estimate of drug-likeness (QED) is 0.712. The average Bonchev–Trinajstić information content (AvgIpc) is 2.40. The molecule has 1 rings (SSSR count). The molecule has 0 bridgehead atoms. The lowest BCUT2D eigenvalue weighted by atomic mass is 10.1. The molecule has 0 saturated heterocycles. The van der Waals surface area contributed by atoms with Crippen LogP contribution in [-0.2, 0) is 16.0 Å². The fourth-order valence-electron chi connectivity index (χ4n) is 1.61. The number of amides is 1. The Morgan fingerprint density at radius 3 is 2.70 bits per heavy atom. The van der Waals surface area contributed by atoms with Crippen LogP contribution in [0.15, 0.2) is 18.2 Å². The second-order valence-corrected chi connectivity index (χ2v) is 4.98. The molecule has 6 heteroatoms. The predicted octanol–water partition coefficient (Wildman–Crippen LogP) is 1.53.